The molecule has 0 aromatic heterocycles. The summed E-state index contributed by atoms with van der Waals surface area (Å²) in [6.45, 7) is 11.6. The predicted molar refractivity (Wildman–Crippen MR) is 109 cm³/mol. The Morgan fingerprint density at radius 1 is 1.23 bits per heavy atom. The summed E-state index contributed by atoms with van der Waals surface area (Å²) < 4.78 is 5.51. The highest BCUT2D eigenvalue weighted by Crippen LogP contribution is 2.28. The SMILES string of the molecule is CCNC(=NCC(C)(C)N1CCC(OC)CC1)N1CCc2ccccc21. The predicted octanol–water partition coefficient (Wildman–Crippen LogP) is 2.90. The van der Waals surface area contributed by atoms with Crippen LogP contribution >= 0.6 is 0 Å². The average molecular weight is 359 g/mol. The minimum Gasteiger partial charge on any atom is -0.381 e. The lowest BCUT2D eigenvalue weighted by atomic mass is 9.97. The number of ether oxygens (including phenoxy) is 1. The van der Waals surface area contributed by atoms with Crippen molar-refractivity contribution in [1.82, 2.24) is 10.2 Å². The number of aliphatic imine (C=N–C) groups is 1. The summed E-state index contributed by atoms with van der Waals surface area (Å²) in [7, 11) is 1.83. The van der Waals surface area contributed by atoms with Gasteiger partial charge in [-0.05, 0) is 51.7 Å². The van der Waals surface area contributed by atoms with Gasteiger partial charge in [0.25, 0.3) is 0 Å². The highest BCUT2D eigenvalue weighted by molar-refractivity contribution is 5.98. The van der Waals surface area contributed by atoms with E-state index in [4.69, 9.17) is 9.73 Å². The molecule has 26 heavy (non-hydrogen) atoms. The van der Waals surface area contributed by atoms with E-state index in [0.717, 1.165) is 57.9 Å². The first-order valence-corrected chi connectivity index (χ1v) is 9.96. The number of piperidine rings is 1. The molecule has 0 unspecified atom stereocenters. The van der Waals surface area contributed by atoms with Crippen LogP contribution in [0, 0.1) is 0 Å². The first-order chi connectivity index (χ1) is 12.5. The molecule has 2 heterocycles. The van der Waals surface area contributed by atoms with Crippen molar-refractivity contribution in [2.45, 2.75) is 51.7 Å². The van der Waals surface area contributed by atoms with E-state index in [0.29, 0.717) is 6.10 Å². The van der Waals surface area contributed by atoms with Crippen LogP contribution in [-0.4, -0.2) is 62.3 Å². The van der Waals surface area contributed by atoms with E-state index in [1.54, 1.807) is 0 Å². The summed E-state index contributed by atoms with van der Waals surface area (Å²) in [5, 5.41) is 3.49. The van der Waals surface area contributed by atoms with Gasteiger partial charge in [-0.1, -0.05) is 18.2 Å². The van der Waals surface area contributed by atoms with E-state index in [2.05, 4.69) is 60.2 Å². The number of fused-ring (bicyclic) bond motifs is 1. The molecule has 1 aromatic carbocycles. The molecule has 1 fully saturated rings. The van der Waals surface area contributed by atoms with Gasteiger partial charge in [0.15, 0.2) is 5.96 Å². The van der Waals surface area contributed by atoms with Crippen LogP contribution in [0.3, 0.4) is 0 Å². The van der Waals surface area contributed by atoms with Crippen molar-refractivity contribution in [3.63, 3.8) is 0 Å². The molecule has 0 amide bonds. The van der Waals surface area contributed by atoms with E-state index in [1.165, 1.54) is 11.3 Å². The maximum Gasteiger partial charge on any atom is 0.198 e. The van der Waals surface area contributed by atoms with E-state index in [1.807, 2.05) is 7.11 Å². The second kappa shape index (κ2) is 8.40. The first-order valence-electron chi connectivity index (χ1n) is 9.96. The van der Waals surface area contributed by atoms with Gasteiger partial charge in [0.1, 0.15) is 0 Å². The summed E-state index contributed by atoms with van der Waals surface area (Å²) in [5.74, 6) is 1.01. The Kier molecular flexibility index (Phi) is 6.20. The van der Waals surface area contributed by atoms with Gasteiger partial charge in [0, 0.05) is 44.5 Å². The molecular formula is C21H34N4O. The van der Waals surface area contributed by atoms with Crippen LogP contribution in [0.2, 0.25) is 0 Å². The molecule has 5 nitrogen and oxygen atoms in total. The number of benzene rings is 1. The maximum absolute atomic E-state index is 5.51. The van der Waals surface area contributed by atoms with Crippen LogP contribution in [0.15, 0.2) is 29.3 Å². The van der Waals surface area contributed by atoms with Gasteiger partial charge >= 0.3 is 0 Å². The van der Waals surface area contributed by atoms with E-state index in [9.17, 15) is 0 Å². The molecule has 1 aromatic rings. The fraction of sp³-hybridized carbons (Fsp3) is 0.667. The summed E-state index contributed by atoms with van der Waals surface area (Å²) in [5.41, 5.74) is 2.77. The van der Waals surface area contributed by atoms with Gasteiger partial charge in [-0.25, -0.2) is 0 Å². The number of nitrogens with one attached hydrogen (secondary N) is 1. The van der Waals surface area contributed by atoms with Crippen LogP contribution in [0.1, 0.15) is 39.2 Å². The third-order valence-corrected chi connectivity index (χ3v) is 5.72. The number of hydrogen-bond acceptors (Lipinski definition) is 3. The minimum absolute atomic E-state index is 0.0542. The Morgan fingerprint density at radius 2 is 1.96 bits per heavy atom. The molecule has 1 saturated heterocycles. The molecule has 0 radical (unpaired) electrons. The van der Waals surface area contributed by atoms with Crippen LogP contribution in [0.4, 0.5) is 5.69 Å². The molecule has 5 heteroatoms. The van der Waals surface area contributed by atoms with Gasteiger partial charge in [-0.2, -0.15) is 0 Å². The Labute approximate surface area is 158 Å². The normalized spacial score (nSPS) is 19.7. The molecular weight excluding hydrogens is 324 g/mol. The van der Waals surface area contributed by atoms with Crippen molar-refractivity contribution in [2.24, 2.45) is 4.99 Å². The summed E-state index contributed by atoms with van der Waals surface area (Å²) >= 11 is 0. The van der Waals surface area contributed by atoms with Crippen molar-refractivity contribution in [2.75, 3.05) is 44.7 Å². The molecule has 2 aliphatic rings. The van der Waals surface area contributed by atoms with Gasteiger partial charge in [-0.15, -0.1) is 0 Å². The van der Waals surface area contributed by atoms with Crippen molar-refractivity contribution >= 4 is 11.6 Å². The highest BCUT2D eigenvalue weighted by atomic mass is 16.5. The Bertz CT molecular complexity index is 620. The number of anilines is 1. The van der Waals surface area contributed by atoms with Gasteiger partial charge in [0.05, 0.1) is 12.6 Å². The zero-order chi connectivity index (χ0) is 18.6. The molecule has 0 atom stereocenters. The first kappa shape index (κ1) is 19.2. The number of guanidine groups is 1. The van der Waals surface area contributed by atoms with E-state index < -0.39 is 0 Å². The summed E-state index contributed by atoms with van der Waals surface area (Å²) in [6, 6.07) is 8.67. The number of rotatable bonds is 5. The van der Waals surface area contributed by atoms with Crippen molar-refractivity contribution in [3.05, 3.63) is 29.8 Å². The van der Waals surface area contributed by atoms with Gasteiger partial charge in [-0.3, -0.25) is 9.89 Å². The summed E-state index contributed by atoms with van der Waals surface area (Å²) in [6.07, 6.45) is 3.74. The van der Waals surface area contributed by atoms with Crippen LogP contribution < -0.4 is 10.2 Å². The quantitative estimate of drug-likeness (QED) is 0.649. The Balaban J connectivity index is 1.69. The number of hydrogen-bond donors (Lipinski definition) is 1. The minimum atomic E-state index is 0.0542. The molecule has 144 valence electrons. The zero-order valence-corrected chi connectivity index (χ0v) is 16.8. The third kappa shape index (κ3) is 4.21. The molecule has 0 bridgehead atoms. The largest absolute Gasteiger partial charge is 0.381 e. The van der Waals surface area contributed by atoms with Crippen molar-refractivity contribution in [1.29, 1.82) is 0 Å². The second-order valence-corrected chi connectivity index (χ2v) is 7.94. The zero-order valence-electron chi connectivity index (χ0n) is 16.8. The molecule has 2 aliphatic heterocycles. The van der Waals surface area contributed by atoms with Crippen LogP contribution in [0.5, 0.6) is 0 Å². The Hall–Kier alpha value is -1.59. The van der Waals surface area contributed by atoms with Crippen molar-refractivity contribution < 1.29 is 4.74 Å². The summed E-state index contributed by atoms with van der Waals surface area (Å²) in [4.78, 5) is 9.94. The monoisotopic (exact) mass is 358 g/mol. The van der Waals surface area contributed by atoms with E-state index in [-0.39, 0.29) is 5.54 Å². The van der Waals surface area contributed by atoms with Gasteiger partial charge in [0.2, 0.25) is 0 Å². The molecule has 1 N–H and O–H groups in total. The van der Waals surface area contributed by atoms with Crippen molar-refractivity contribution in [3.8, 4) is 0 Å². The lowest BCUT2D eigenvalue weighted by molar-refractivity contribution is 0.00910. The fourth-order valence-electron chi connectivity index (χ4n) is 4.02. The number of nitrogens with zero attached hydrogens (tertiary/aromatic N) is 3. The van der Waals surface area contributed by atoms with E-state index >= 15 is 0 Å². The lowest BCUT2D eigenvalue weighted by Crippen LogP contribution is -2.52. The fourth-order valence-corrected chi connectivity index (χ4v) is 4.02. The molecule has 0 aliphatic carbocycles. The number of para-hydroxylation sites is 1. The van der Waals surface area contributed by atoms with Gasteiger partial charge < -0.3 is 15.0 Å². The topological polar surface area (TPSA) is 40.1 Å². The highest BCUT2D eigenvalue weighted by Gasteiger charge is 2.31. The molecule has 0 saturated carbocycles. The molecule has 3 rings (SSSR count). The molecule has 0 spiro atoms. The van der Waals surface area contributed by atoms with Crippen LogP contribution in [-0.2, 0) is 11.2 Å². The lowest BCUT2D eigenvalue weighted by Gasteiger charge is -2.42. The third-order valence-electron chi connectivity index (χ3n) is 5.72. The van der Waals surface area contributed by atoms with Crippen LogP contribution in [0.25, 0.3) is 0 Å². The Morgan fingerprint density at radius 3 is 2.65 bits per heavy atom. The standard InChI is InChI=1S/C21H34N4O/c1-5-22-20(25-15-10-17-8-6-7-9-19(17)25)23-16-21(2,3)24-13-11-18(26-4)12-14-24/h6-9,18H,5,10-16H2,1-4H3,(H,22,23). The smallest absolute Gasteiger partial charge is 0.198 e. The number of likely N-dealkylation sites (tertiary alicyclic amines) is 1. The average Bonchev–Trinajstić information content (AvgIpc) is 3.09. The number of methoxy groups -OCH3 is 1. The second-order valence-electron chi connectivity index (χ2n) is 7.94. The maximum atomic E-state index is 5.51.